The Morgan fingerprint density at radius 1 is 1.13 bits per heavy atom. The molecule has 0 aliphatic rings. The first-order chi connectivity index (χ1) is 10.9. The molecule has 1 N–H and O–H groups in total. The lowest BCUT2D eigenvalue weighted by molar-refractivity contribution is -0.133. The first-order valence-corrected chi connectivity index (χ1v) is 7.30. The van der Waals surface area contributed by atoms with Crippen molar-refractivity contribution in [1.29, 1.82) is 0 Å². The molecule has 0 fully saturated rings. The number of rotatable bonds is 5. The van der Waals surface area contributed by atoms with Crippen molar-refractivity contribution < 1.29 is 14.0 Å². The van der Waals surface area contributed by atoms with E-state index >= 15 is 0 Å². The molecule has 0 unspecified atom stereocenters. The van der Waals surface area contributed by atoms with Gasteiger partial charge >= 0.3 is 0 Å². The zero-order valence-electron chi connectivity index (χ0n) is 13.2. The van der Waals surface area contributed by atoms with Gasteiger partial charge in [0.05, 0.1) is 0 Å². The minimum atomic E-state index is -0.425. The van der Waals surface area contributed by atoms with Crippen LogP contribution in [0.5, 0.6) is 0 Å². The van der Waals surface area contributed by atoms with Crippen LogP contribution in [0.2, 0.25) is 0 Å². The molecular formula is C18H19FN2O2. The average Bonchev–Trinajstić information content (AvgIpc) is 2.48. The molecule has 0 spiro atoms. The number of nitrogens with one attached hydrogen (secondary N) is 1. The van der Waals surface area contributed by atoms with Crippen LogP contribution in [0.3, 0.4) is 0 Å². The van der Waals surface area contributed by atoms with Crippen molar-refractivity contribution >= 4 is 17.5 Å². The molecule has 2 amide bonds. The lowest BCUT2D eigenvalue weighted by Crippen LogP contribution is -2.36. The van der Waals surface area contributed by atoms with E-state index < -0.39 is 5.82 Å². The van der Waals surface area contributed by atoms with Crippen molar-refractivity contribution in [3.63, 3.8) is 0 Å². The molecule has 0 bridgehead atoms. The third-order valence-corrected chi connectivity index (χ3v) is 3.38. The highest BCUT2D eigenvalue weighted by Gasteiger charge is 2.14. The summed E-state index contributed by atoms with van der Waals surface area (Å²) in [6, 6.07) is 13.4. The molecule has 2 aromatic carbocycles. The van der Waals surface area contributed by atoms with Gasteiger partial charge in [0.25, 0.3) is 0 Å². The summed E-state index contributed by atoms with van der Waals surface area (Å²) in [7, 11) is 0. The largest absolute Gasteiger partial charge is 0.329 e. The molecule has 120 valence electrons. The minimum absolute atomic E-state index is 0.0836. The number of benzene rings is 2. The summed E-state index contributed by atoms with van der Waals surface area (Å²) >= 11 is 0. The van der Waals surface area contributed by atoms with Crippen LogP contribution in [-0.2, 0) is 16.1 Å². The maximum atomic E-state index is 13.1. The van der Waals surface area contributed by atoms with Crippen molar-refractivity contribution in [2.75, 3.05) is 11.9 Å². The van der Waals surface area contributed by atoms with Crippen LogP contribution in [0, 0.1) is 12.7 Å². The maximum Gasteiger partial charge on any atom is 0.244 e. The van der Waals surface area contributed by atoms with Crippen LogP contribution in [0.15, 0.2) is 48.5 Å². The van der Waals surface area contributed by atoms with Crippen LogP contribution in [0.25, 0.3) is 0 Å². The van der Waals surface area contributed by atoms with Gasteiger partial charge in [-0.2, -0.15) is 0 Å². The quantitative estimate of drug-likeness (QED) is 0.922. The summed E-state index contributed by atoms with van der Waals surface area (Å²) in [5.41, 5.74) is 2.45. The zero-order valence-corrected chi connectivity index (χ0v) is 13.2. The van der Waals surface area contributed by atoms with Crippen molar-refractivity contribution in [3.8, 4) is 0 Å². The highest BCUT2D eigenvalue weighted by atomic mass is 19.1. The summed E-state index contributed by atoms with van der Waals surface area (Å²) in [6.07, 6.45) is 0. The molecule has 23 heavy (non-hydrogen) atoms. The van der Waals surface area contributed by atoms with Crippen molar-refractivity contribution in [2.45, 2.75) is 20.4 Å². The van der Waals surface area contributed by atoms with Crippen LogP contribution in [0.4, 0.5) is 10.1 Å². The second kappa shape index (κ2) is 7.54. The molecule has 0 aromatic heterocycles. The highest BCUT2D eigenvalue weighted by Crippen LogP contribution is 2.10. The van der Waals surface area contributed by atoms with Gasteiger partial charge in [-0.05, 0) is 30.7 Å². The predicted octanol–water partition coefficient (Wildman–Crippen LogP) is 3.12. The molecule has 2 aromatic rings. The van der Waals surface area contributed by atoms with E-state index in [2.05, 4.69) is 5.32 Å². The number of carbonyl (C=O) groups is 2. The predicted molar refractivity (Wildman–Crippen MR) is 87.3 cm³/mol. The van der Waals surface area contributed by atoms with E-state index in [0.717, 1.165) is 11.1 Å². The Kier molecular flexibility index (Phi) is 5.46. The van der Waals surface area contributed by atoms with Gasteiger partial charge in [0.1, 0.15) is 12.4 Å². The van der Waals surface area contributed by atoms with E-state index in [0.29, 0.717) is 12.2 Å². The van der Waals surface area contributed by atoms with Gasteiger partial charge in [-0.3, -0.25) is 9.59 Å². The van der Waals surface area contributed by atoms with Crippen LogP contribution in [-0.4, -0.2) is 23.3 Å². The van der Waals surface area contributed by atoms with Gasteiger partial charge in [-0.25, -0.2) is 4.39 Å². The van der Waals surface area contributed by atoms with Gasteiger partial charge in [-0.1, -0.05) is 35.9 Å². The third kappa shape index (κ3) is 5.21. The molecule has 0 aliphatic carbocycles. The second-order valence-corrected chi connectivity index (χ2v) is 5.42. The number of nitrogens with zero attached hydrogens (tertiary/aromatic N) is 1. The molecule has 0 atom stereocenters. The molecule has 0 saturated heterocycles. The fraction of sp³-hybridized carbons (Fsp3) is 0.222. The smallest absolute Gasteiger partial charge is 0.244 e. The topological polar surface area (TPSA) is 49.4 Å². The van der Waals surface area contributed by atoms with E-state index in [1.165, 1.54) is 30.0 Å². The third-order valence-electron chi connectivity index (χ3n) is 3.38. The Hall–Kier alpha value is -2.69. The Labute approximate surface area is 134 Å². The number of halogens is 1. The second-order valence-electron chi connectivity index (χ2n) is 5.42. The van der Waals surface area contributed by atoms with E-state index in [9.17, 15) is 14.0 Å². The Morgan fingerprint density at radius 2 is 1.83 bits per heavy atom. The number of amides is 2. The van der Waals surface area contributed by atoms with Crippen molar-refractivity contribution in [1.82, 2.24) is 4.90 Å². The molecule has 0 heterocycles. The summed E-state index contributed by atoms with van der Waals surface area (Å²) in [5, 5.41) is 2.59. The monoisotopic (exact) mass is 314 g/mol. The van der Waals surface area contributed by atoms with Crippen LogP contribution in [0.1, 0.15) is 18.1 Å². The van der Waals surface area contributed by atoms with E-state index in [1.807, 2.05) is 31.2 Å². The molecule has 0 saturated carbocycles. The number of hydrogen-bond donors (Lipinski definition) is 1. The average molecular weight is 314 g/mol. The molecule has 0 radical (unpaired) electrons. The normalized spacial score (nSPS) is 10.2. The van der Waals surface area contributed by atoms with E-state index in [4.69, 9.17) is 0 Å². The van der Waals surface area contributed by atoms with Gasteiger partial charge in [0.15, 0.2) is 0 Å². The van der Waals surface area contributed by atoms with Gasteiger partial charge in [0, 0.05) is 19.2 Å². The first-order valence-electron chi connectivity index (χ1n) is 7.30. The number of hydrogen-bond acceptors (Lipinski definition) is 2. The summed E-state index contributed by atoms with van der Waals surface area (Å²) in [4.78, 5) is 25.2. The van der Waals surface area contributed by atoms with Crippen molar-refractivity contribution in [3.05, 3.63) is 65.5 Å². The molecule has 5 heteroatoms. The Bertz CT molecular complexity index is 698. The summed E-state index contributed by atoms with van der Waals surface area (Å²) in [6.45, 7) is 3.68. The minimum Gasteiger partial charge on any atom is -0.329 e. The fourth-order valence-corrected chi connectivity index (χ4v) is 2.13. The summed E-state index contributed by atoms with van der Waals surface area (Å²) < 4.78 is 13.1. The van der Waals surface area contributed by atoms with Crippen LogP contribution >= 0.6 is 0 Å². The first kappa shape index (κ1) is 16.7. The van der Waals surface area contributed by atoms with Crippen molar-refractivity contribution in [2.24, 2.45) is 0 Å². The van der Waals surface area contributed by atoms with Gasteiger partial charge < -0.3 is 10.2 Å². The molecule has 2 rings (SSSR count). The lowest BCUT2D eigenvalue weighted by atomic mass is 10.1. The Balaban J connectivity index is 1.99. The molecular weight excluding hydrogens is 295 g/mol. The van der Waals surface area contributed by atoms with Gasteiger partial charge in [0.2, 0.25) is 11.8 Å². The number of aryl methyl sites for hydroxylation is 1. The Morgan fingerprint density at radius 3 is 2.43 bits per heavy atom. The SMILES string of the molecule is CC(=O)N(CC(=O)Nc1cccc(F)c1)Cc1ccc(C)cc1. The molecule has 4 nitrogen and oxygen atoms in total. The lowest BCUT2D eigenvalue weighted by Gasteiger charge is -2.20. The van der Waals surface area contributed by atoms with Gasteiger partial charge in [-0.15, -0.1) is 0 Å². The highest BCUT2D eigenvalue weighted by molar-refractivity contribution is 5.94. The maximum absolute atomic E-state index is 13.1. The summed E-state index contributed by atoms with van der Waals surface area (Å²) in [5.74, 6) is -0.983. The molecule has 0 aliphatic heterocycles. The van der Waals surface area contributed by atoms with E-state index in [1.54, 1.807) is 6.07 Å². The zero-order chi connectivity index (χ0) is 16.8. The number of anilines is 1. The van der Waals surface area contributed by atoms with Crippen LogP contribution < -0.4 is 5.32 Å². The van der Waals surface area contributed by atoms with E-state index in [-0.39, 0.29) is 18.4 Å². The fourth-order valence-electron chi connectivity index (χ4n) is 2.13. The number of carbonyl (C=O) groups excluding carboxylic acids is 2. The standard InChI is InChI=1S/C18H19FN2O2/c1-13-6-8-15(9-7-13)11-21(14(2)22)12-18(23)20-17-5-3-4-16(19)10-17/h3-10H,11-12H2,1-2H3,(H,20,23).